The summed E-state index contributed by atoms with van der Waals surface area (Å²) in [6, 6.07) is 17.5. The van der Waals surface area contributed by atoms with E-state index in [-0.39, 0.29) is 0 Å². The van der Waals surface area contributed by atoms with Crippen LogP contribution in [-0.2, 0) is 0 Å². The van der Waals surface area contributed by atoms with Crippen molar-refractivity contribution >= 4 is 17.3 Å². The summed E-state index contributed by atoms with van der Waals surface area (Å²) in [5.74, 6) is 1.66. The molecule has 2 aromatic rings. The maximum Gasteiger partial charge on any atom is 0.127 e. The minimum absolute atomic E-state index is 0.711. The Morgan fingerprint density at radius 1 is 0.944 bits per heavy atom. The molecule has 0 bridgehead atoms. The molecular weight excluding hydrogens is 246 g/mol. The average molecular weight is 260 g/mol. The summed E-state index contributed by atoms with van der Waals surface area (Å²) in [5.41, 5.74) is 2.53. The quantitative estimate of drug-likeness (QED) is 0.844. The van der Waals surface area contributed by atoms with E-state index in [1.165, 1.54) is 5.54 Å². The van der Waals surface area contributed by atoms with Crippen LogP contribution in [0, 0.1) is 0 Å². The highest BCUT2D eigenvalue weighted by Gasteiger charge is 1.96. The Balaban J connectivity index is 1.95. The fourth-order valence-electron chi connectivity index (χ4n) is 1.49. The molecule has 0 fully saturated rings. The molecular formula is C15H14ClNO. The van der Waals surface area contributed by atoms with Gasteiger partial charge in [-0.05, 0) is 36.4 Å². The maximum absolute atomic E-state index is 5.70. The number of rotatable bonds is 5. The van der Waals surface area contributed by atoms with E-state index < -0.39 is 0 Å². The number of anilines is 1. The largest absolute Gasteiger partial charge is 0.457 e. The van der Waals surface area contributed by atoms with Gasteiger partial charge in [0.1, 0.15) is 11.5 Å². The normalized spacial score (nSPS) is 10.5. The first kappa shape index (κ1) is 12.5. The van der Waals surface area contributed by atoms with E-state index in [0.717, 1.165) is 17.2 Å². The number of halogens is 1. The summed E-state index contributed by atoms with van der Waals surface area (Å²) in [5, 5.41) is 3.21. The molecule has 2 nitrogen and oxygen atoms in total. The summed E-state index contributed by atoms with van der Waals surface area (Å²) in [4.78, 5) is 0. The van der Waals surface area contributed by atoms with Gasteiger partial charge in [0.15, 0.2) is 0 Å². The first-order valence-electron chi connectivity index (χ1n) is 5.70. The van der Waals surface area contributed by atoms with Gasteiger partial charge in [0.25, 0.3) is 0 Å². The van der Waals surface area contributed by atoms with Crippen molar-refractivity contribution in [2.75, 3.05) is 11.9 Å². The van der Waals surface area contributed by atoms with Gasteiger partial charge in [0, 0.05) is 17.8 Å². The predicted molar refractivity (Wildman–Crippen MR) is 76.4 cm³/mol. The second-order valence-corrected chi connectivity index (χ2v) is 3.93. The molecule has 18 heavy (non-hydrogen) atoms. The van der Waals surface area contributed by atoms with Crippen molar-refractivity contribution in [3.8, 4) is 11.5 Å². The number of nitrogens with one attached hydrogen (secondary N) is 1. The SMILES string of the molecule is Cl/C=C/CNc1ccc(Oc2ccccc2)cc1. The molecule has 92 valence electrons. The Labute approximate surface area is 112 Å². The molecule has 0 aliphatic carbocycles. The molecule has 0 saturated heterocycles. The lowest BCUT2D eigenvalue weighted by Crippen LogP contribution is -1.97. The monoisotopic (exact) mass is 259 g/mol. The lowest BCUT2D eigenvalue weighted by Gasteiger charge is -2.07. The van der Waals surface area contributed by atoms with Gasteiger partial charge in [-0.25, -0.2) is 0 Å². The van der Waals surface area contributed by atoms with Gasteiger partial charge in [-0.1, -0.05) is 35.9 Å². The molecule has 0 aliphatic rings. The van der Waals surface area contributed by atoms with Crippen molar-refractivity contribution in [3.05, 3.63) is 66.2 Å². The Kier molecular flexibility index (Phi) is 4.68. The fourth-order valence-corrected chi connectivity index (χ4v) is 1.58. The van der Waals surface area contributed by atoms with Gasteiger partial charge >= 0.3 is 0 Å². The number of hydrogen-bond donors (Lipinski definition) is 1. The zero-order chi connectivity index (χ0) is 12.6. The van der Waals surface area contributed by atoms with Crippen LogP contribution in [0.3, 0.4) is 0 Å². The molecule has 3 heteroatoms. The van der Waals surface area contributed by atoms with Gasteiger partial charge < -0.3 is 10.1 Å². The van der Waals surface area contributed by atoms with E-state index in [1.807, 2.05) is 60.7 Å². The molecule has 1 N–H and O–H groups in total. The van der Waals surface area contributed by atoms with Crippen LogP contribution in [0.2, 0.25) is 0 Å². The molecule has 0 atom stereocenters. The minimum atomic E-state index is 0.711. The lowest BCUT2D eigenvalue weighted by atomic mass is 10.3. The van der Waals surface area contributed by atoms with E-state index in [9.17, 15) is 0 Å². The van der Waals surface area contributed by atoms with Crippen LogP contribution < -0.4 is 10.1 Å². The number of para-hydroxylation sites is 1. The van der Waals surface area contributed by atoms with Gasteiger partial charge in [-0.15, -0.1) is 0 Å². The fraction of sp³-hybridized carbons (Fsp3) is 0.0667. The summed E-state index contributed by atoms with van der Waals surface area (Å²) in [7, 11) is 0. The van der Waals surface area contributed by atoms with Crippen LogP contribution in [0.1, 0.15) is 0 Å². The predicted octanol–water partition coefficient (Wildman–Crippen LogP) is 4.64. The maximum atomic E-state index is 5.70. The minimum Gasteiger partial charge on any atom is -0.457 e. The van der Waals surface area contributed by atoms with Crippen molar-refractivity contribution in [3.63, 3.8) is 0 Å². The second-order valence-electron chi connectivity index (χ2n) is 3.68. The van der Waals surface area contributed by atoms with Crippen molar-refractivity contribution in [1.29, 1.82) is 0 Å². The number of hydrogen-bond acceptors (Lipinski definition) is 2. The third-order valence-electron chi connectivity index (χ3n) is 2.35. The van der Waals surface area contributed by atoms with E-state index >= 15 is 0 Å². The third-order valence-corrected chi connectivity index (χ3v) is 2.52. The van der Waals surface area contributed by atoms with Crippen molar-refractivity contribution in [2.45, 2.75) is 0 Å². The van der Waals surface area contributed by atoms with E-state index in [2.05, 4.69) is 5.32 Å². The molecule has 2 aromatic carbocycles. The molecule has 0 aliphatic heterocycles. The molecule has 0 aromatic heterocycles. The molecule has 0 amide bonds. The third kappa shape index (κ3) is 3.82. The van der Waals surface area contributed by atoms with Crippen LogP contribution in [0.25, 0.3) is 0 Å². The van der Waals surface area contributed by atoms with Crippen LogP contribution in [0.4, 0.5) is 5.69 Å². The van der Waals surface area contributed by atoms with E-state index in [4.69, 9.17) is 16.3 Å². The van der Waals surface area contributed by atoms with E-state index in [0.29, 0.717) is 6.54 Å². The summed E-state index contributed by atoms with van der Waals surface area (Å²) in [6.07, 6.45) is 1.84. The van der Waals surface area contributed by atoms with Crippen LogP contribution in [0.15, 0.2) is 66.2 Å². The molecule has 0 unspecified atom stereocenters. The highest BCUT2D eigenvalue weighted by molar-refractivity contribution is 6.25. The Hall–Kier alpha value is -1.93. The summed E-state index contributed by atoms with van der Waals surface area (Å²) < 4.78 is 5.70. The standard InChI is InChI=1S/C15H14ClNO/c16-11-4-12-17-13-7-9-15(10-8-13)18-14-5-2-1-3-6-14/h1-11,17H,12H2/b11-4+. The van der Waals surface area contributed by atoms with Crippen molar-refractivity contribution in [1.82, 2.24) is 0 Å². The topological polar surface area (TPSA) is 21.3 Å². The molecule has 2 rings (SSSR count). The van der Waals surface area contributed by atoms with Gasteiger partial charge in [0.05, 0.1) is 0 Å². The smallest absolute Gasteiger partial charge is 0.127 e. The molecule has 0 saturated carbocycles. The van der Waals surface area contributed by atoms with Crippen LogP contribution >= 0.6 is 11.6 Å². The van der Waals surface area contributed by atoms with Gasteiger partial charge in [-0.3, -0.25) is 0 Å². The Morgan fingerprint density at radius 2 is 1.61 bits per heavy atom. The number of ether oxygens (including phenoxy) is 1. The highest BCUT2D eigenvalue weighted by Crippen LogP contribution is 2.22. The summed E-state index contributed by atoms with van der Waals surface area (Å²) >= 11 is 5.44. The summed E-state index contributed by atoms with van der Waals surface area (Å²) in [6.45, 7) is 0.711. The zero-order valence-corrected chi connectivity index (χ0v) is 10.6. The first-order valence-corrected chi connectivity index (χ1v) is 6.14. The highest BCUT2D eigenvalue weighted by atomic mass is 35.5. The molecule has 0 heterocycles. The average Bonchev–Trinajstić information content (AvgIpc) is 2.42. The van der Waals surface area contributed by atoms with Crippen molar-refractivity contribution in [2.24, 2.45) is 0 Å². The Morgan fingerprint density at radius 3 is 2.28 bits per heavy atom. The van der Waals surface area contributed by atoms with Crippen molar-refractivity contribution < 1.29 is 4.74 Å². The first-order chi connectivity index (χ1) is 8.88. The lowest BCUT2D eigenvalue weighted by molar-refractivity contribution is 0.483. The Bertz CT molecular complexity index is 494. The number of benzene rings is 2. The van der Waals surface area contributed by atoms with Gasteiger partial charge in [-0.2, -0.15) is 0 Å². The molecule has 0 radical (unpaired) electrons. The van der Waals surface area contributed by atoms with Crippen LogP contribution in [0.5, 0.6) is 11.5 Å². The van der Waals surface area contributed by atoms with E-state index in [1.54, 1.807) is 0 Å². The molecule has 0 spiro atoms. The van der Waals surface area contributed by atoms with Gasteiger partial charge in [0.2, 0.25) is 0 Å². The second kappa shape index (κ2) is 6.72. The van der Waals surface area contributed by atoms with Crippen LogP contribution in [-0.4, -0.2) is 6.54 Å². The zero-order valence-electron chi connectivity index (χ0n) is 9.84.